The molecule has 3 heterocycles. The van der Waals surface area contributed by atoms with Gasteiger partial charge in [0.1, 0.15) is 12.7 Å². The maximum absolute atomic E-state index is 12.2. The molecule has 9 heteroatoms. The van der Waals surface area contributed by atoms with Gasteiger partial charge < -0.3 is 0 Å². The van der Waals surface area contributed by atoms with E-state index in [0.717, 1.165) is 10.2 Å². The molecule has 3 aromatic heterocycles. The van der Waals surface area contributed by atoms with E-state index in [-0.39, 0.29) is 11.6 Å². The van der Waals surface area contributed by atoms with E-state index in [1.165, 1.54) is 28.7 Å². The van der Waals surface area contributed by atoms with E-state index in [0.29, 0.717) is 10.9 Å². The number of rotatable bonds is 3. The fourth-order valence-corrected chi connectivity index (χ4v) is 2.84. The number of fused-ring (bicyclic) bond motifs is 1. The van der Waals surface area contributed by atoms with Crippen LogP contribution in [-0.4, -0.2) is 35.9 Å². The van der Waals surface area contributed by atoms with Crippen LogP contribution in [0, 0.1) is 0 Å². The van der Waals surface area contributed by atoms with Gasteiger partial charge in [0.05, 0.1) is 10.2 Å². The molecule has 4 rings (SSSR count). The van der Waals surface area contributed by atoms with Crippen molar-refractivity contribution >= 4 is 32.6 Å². The zero-order valence-electron chi connectivity index (χ0n) is 11.6. The van der Waals surface area contributed by atoms with Gasteiger partial charge in [-0.05, 0) is 24.3 Å². The van der Waals surface area contributed by atoms with Gasteiger partial charge in [-0.3, -0.25) is 10.1 Å². The van der Waals surface area contributed by atoms with Crippen molar-refractivity contribution in [2.45, 2.75) is 0 Å². The lowest BCUT2D eigenvalue weighted by atomic mass is 10.3. The predicted octanol–water partition coefficient (Wildman–Crippen LogP) is 1.92. The van der Waals surface area contributed by atoms with Crippen LogP contribution >= 0.6 is 11.3 Å². The maximum Gasteiger partial charge on any atom is 0.277 e. The van der Waals surface area contributed by atoms with E-state index in [1.54, 1.807) is 12.1 Å². The number of nitrogens with one attached hydrogen (secondary N) is 1. The highest BCUT2D eigenvalue weighted by atomic mass is 32.1. The minimum Gasteiger partial charge on any atom is -0.296 e. The molecule has 23 heavy (non-hydrogen) atoms. The van der Waals surface area contributed by atoms with Crippen molar-refractivity contribution in [2.24, 2.45) is 0 Å². The molecule has 8 nitrogen and oxygen atoms in total. The lowest BCUT2D eigenvalue weighted by Crippen LogP contribution is -2.14. The van der Waals surface area contributed by atoms with E-state index >= 15 is 0 Å². The molecule has 0 aliphatic heterocycles. The first-order valence-electron chi connectivity index (χ1n) is 6.65. The number of carbonyl (C=O) groups excluding carboxylic acids is 1. The normalized spacial score (nSPS) is 10.8. The molecule has 112 valence electrons. The van der Waals surface area contributed by atoms with Crippen LogP contribution in [0.1, 0.15) is 10.5 Å². The third kappa shape index (κ3) is 2.64. The Bertz CT molecular complexity index is 929. The number of hydrogen-bond donors (Lipinski definition) is 1. The molecule has 1 N–H and O–H groups in total. The molecule has 0 atom stereocenters. The van der Waals surface area contributed by atoms with Gasteiger partial charge in [0, 0.05) is 0 Å². The first-order chi connectivity index (χ1) is 11.3. The van der Waals surface area contributed by atoms with Crippen LogP contribution in [0.25, 0.3) is 16.0 Å². The molecule has 0 radical (unpaired) electrons. The summed E-state index contributed by atoms with van der Waals surface area (Å²) >= 11 is 1.41. The Labute approximate surface area is 133 Å². The molecule has 0 unspecified atom stereocenters. The Balaban J connectivity index is 1.54. The number of aromatic nitrogens is 6. The molecular weight excluding hydrogens is 314 g/mol. The molecule has 0 spiro atoms. The van der Waals surface area contributed by atoms with Gasteiger partial charge >= 0.3 is 0 Å². The molecule has 0 aliphatic rings. The number of benzene rings is 1. The first kappa shape index (κ1) is 13.5. The minimum absolute atomic E-state index is 0.202. The fourth-order valence-electron chi connectivity index (χ4n) is 1.98. The van der Waals surface area contributed by atoms with Crippen LogP contribution in [0.3, 0.4) is 0 Å². The third-order valence-electron chi connectivity index (χ3n) is 3.05. The van der Waals surface area contributed by atoms with Gasteiger partial charge in [-0.15, -0.1) is 10.2 Å². The topological polar surface area (TPSA) is 98.5 Å². The summed E-state index contributed by atoms with van der Waals surface area (Å²) in [5.74, 6) is 0.126. The Kier molecular flexibility index (Phi) is 3.24. The minimum atomic E-state index is -0.360. The Hall–Kier alpha value is -3.20. The number of nitrogens with zero attached hydrogens (tertiary/aromatic N) is 6. The fraction of sp³-hybridized carbons (Fsp3) is 0. The molecule has 0 bridgehead atoms. The lowest BCUT2D eigenvalue weighted by Gasteiger charge is -2.01. The average molecular weight is 323 g/mol. The summed E-state index contributed by atoms with van der Waals surface area (Å²) in [5, 5.41) is 15.1. The highest BCUT2D eigenvalue weighted by Crippen LogP contribution is 2.25. The summed E-state index contributed by atoms with van der Waals surface area (Å²) in [6, 6.07) is 10.9. The molecule has 0 saturated carbocycles. The summed E-state index contributed by atoms with van der Waals surface area (Å²) in [5.41, 5.74) is 1.05. The summed E-state index contributed by atoms with van der Waals surface area (Å²) in [4.78, 5) is 20.4. The second-order valence-electron chi connectivity index (χ2n) is 4.56. The van der Waals surface area contributed by atoms with E-state index in [9.17, 15) is 4.79 Å². The van der Waals surface area contributed by atoms with Crippen molar-refractivity contribution in [3.8, 4) is 5.82 Å². The number of carbonyl (C=O) groups is 1. The highest BCUT2D eigenvalue weighted by molar-refractivity contribution is 7.22. The van der Waals surface area contributed by atoms with Crippen molar-refractivity contribution in [1.82, 2.24) is 29.9 Å². The predicted molar refractivity (Wildman–Crippen MR) is 84.5 cm³/mol. The number of amides is 1. The summed E-state index contributed by atoms with van der Waals surface area (Å²) in [7, 11) is 0. The first-order valence-corrected chi connectivity index (χ1v) is 7.47. The molecule has 0 fully saturated rings. The van der Waals surface area contributed by atoms with Crippen LogP contribution < -0.4 is 5.32 Å². The molecular formula is C14H9N7OS. The van der Waals surface area contributed by atoms with Gasteiger partial charge in [-0.1, -0.05) is 23.5 Å². The number of hydrogen-bond acceptors (Lipinski definition) is 7. The molecule has 4 aromatic rings. The smallest absolute Gasteiger partial charge is 0.277 e. The second-order valence-corrected chi connectivity index (χ2v) is 5.59. The Morgan fingerprint density at radius 1 is 1.13 bits per heavy atom. The SMILES string of the molecule is O=C(Nc1nc2ccccc2s1)c1ccc(-n2cncn2)nn1. The van der Waals surface area contributed by atoms with Gasteiger partial charge in [-0.2, -0.15) is 5.10 Å². The molecule has 0 aliphatic carbocycles. The number of anilines is 1. The maximum atomic E-state index is 12.2. The van der Waals surface area contributed by atoms with Crippen LogP contribution in [0.5, 0.6) is 0 Å². The summed E-state index contributed by atoms with van der Waals surface area (Å²) in [6.45, 7) is 0. The third-order valence-corrected chi connectivity index (χ3v) is 4.00. The van der Waals surface area contributed by atoms with E-state index in [2.05, 4.69) is 30.6 Å². The quantitative estimate of drug-likeness (QED) is 0.618. The van der Waals surface area contributed by atoms with Crippen molar-refractivity contribution < 1.29 is 4.79 Å². The zero-order valence-corrected chi connectivity index (χ0v) is 12.4. The van der Waals surface area contributed by atoms with E-state index in [4.69, 9.17) is 0 Å². The van der Waals surface area contributed by atoms with Gasteiger partial charge in [0.2, 0.25) is 0 Å². The van der Waals surface area contributed by atoms with Crippen LogP contribution in [-0.2, 0) is 0 Å². The Morgan fingerprint density at radius 2 is 2.04 bits per heavy atom. The van der Waals surface area contributed by atoms with Crippen molar-refractivity contribution in [2.75, 3.05) is 5.32 Å². The Morgan fingerprint density at radius 3 is 2.78 bits per heavy atom. The van der Waals surface area contributed by atoms with Crippen LogP contribution in [0.4, 0.5) is 5.13 Å². The summed E-state index contributed by atoms with van der Waals surface area (Å²) < 4.78 is 2.47. The van der Waals surface area contributed by atoms with Gasteiger partial charge in [-0.25, -0.2) is 14.6 Å². The summed E-state index contributed by atoms with van der Waals surface area (Å²) in [6.07, 6.45) is 2.90. The lowest BCUT2D eigenvalue weighted by molar-refractivity contribution is 0.102. The van der Waals surface area contributed by atoms with E-state index < -0.39 is 0 Å². The van der Waals surface area contributed by atoms with Crippen molar-refractivity contribution in [3.05, 3.63) is 54.7 Å². The largest absolute Gasteiger partial charge is 0.296 e. The standard InChI is InChI=1S/C14H9N7OS/c22-13(18-14-17-9-3-1-2-4-11(9)23-14)10-5-6-12(20-19-10)21-8-15-7-16-21/h1-8H,(H,17,18,22). The molecule has 0 saturated heterocycles. The van der Waals surface area contributed by atoms with E-state index in [1.807, 2.05) is 24.3 Å². The van der Waals surface area contributed by atoms with Crippen molar-refractivity contribution in [3.63, 3.8) is 0 Å². The van der Waals surface area contributed by atoms with Gasteiger partial charge in [0.25, 0.3) is 5.91 Å². The molecule has 1 amide bonds. The van der Waals surface area contributed by atoms with Gasteiger partial charge in [0.15, 0.2) is 16.6 Å². The van der Waals surface area contributed by atoms with Crippen molar-refractivity contribution in [1.29, 1.82) is 0 Å². The van der Waals surface area contributed by atoms with Crippen LogP contribution in [0.15, 0.2) is 49.1 Å². The second kappa shape index (κ2) is 5.54. The average Bonchev–Trinajstić information content (AvgIpc) is 3.24. The number of thiazole rings is 1. The highest BCUT2D eigenvalue weighted by Gasteiger charge is 2.12. The van der Waals surface area contributed by atoms with Crippen LogP contribution in [0.2, 0.25) is 0 Å². The zero-order chi connectivity index (χ0) is 15.6. The molecule has 1 aromatic carbocycles. The monoisotopic (exact) mass is 323 g/mol. The number of para-hydroxylation sites is 1.